The number of hydrogen-bond acceptors (Lipinski definition) is 4. The molecule has 2 rings (SSSR count). The molecule has 0 amide bonds. The molecule has 0 spiro atoms. The molecule has 4 nitrogen and oxygen atoms in total. The zero-order valence-electron chi connectivity index (χ0n) is 13.7. The van der Waals surface area contributed by atoms with Gasteiger partial charge in [0.15, 0.2) is 23.1 Å². The topological polar surface area (TPSA) is 68.3 Å². The number of methoxy groups -OCH3 is 2. The van der Waals surface area contributed by atoms with Crippen LogP contribution in [0, 0.1) is 23.0 Å². The highest BCUT2D eigenvalue weighted by molar-refractivity contribution is 5.30. The summed E-state index contributed by atoms with van der Waals surface area (Å²) in [5, 5.41) is 8.33. The van der Waals surface area contributed by atoms with Crippen LogP contribution in [0.15, 0.2) is 36.4 Å². The molecule has 0 aliphatic rings. The average Bonchev–Trinajstić information content (AvgIpc) is 2.56. The third-order valence-corrected chi connectivity index (χ3v) is 3.15. The predicted molar refractivity (Wildman–Crippen MR) is 90.1 cm³/mol. The van der Waals surface area contributed by atoms with Crippen molar-refractivity contribution < 1.29 is 19.7 Å². The zero-order valence-corrected chi connectivity index (χ0v) is 13.7. The first-order valence-electron chi connectivity index (χ1n) is 7.27. The van der Waals surface area contributed by atoms with E-state index in [1.165, 1.54) is 32.4 Å². The Kier molecular flexibility index (Phi) is 8.23. The van der Waals surface area contributed by atoms with Gasteiger partial charge in [-0.1, -0.05) is 12.1 Å². The van der Waals surface area contributed by atoms with E-state index in [1.54, 1.807) is 12.1 Å². The highest BCUT2D eigenvalue weighted by atomic mass is 19.1. The molecule has 0 saturated heterocycles. The first kappa shape index (κ1) is 19.4. The van der Waals surface area contributed by atoms with E-state index in [1.807, 2.05) is 12.1 Å². The summed E-state index contributed by atoms with van der Waals surface area (Å²) in [5.41, 5.74) is 6.89. The van der Waals surface area contributed by atoms with Gasteiger partial charge in [0, 0.05) is 1.43 Å². The van der Waals surface area contributed by atoms with Crippen molar-refractivity contribution in [3.05, 3.63) is 59.2 Å². The van der Waals surface area contributed by atoms with Crippen LogP contribution in [-0.2, 0) is 12.8 Å². The lowest BCUT2D eigenvalue weighted by Gasteiger charge is -2.03. The molecular weight excluding hydrogens is 314 g/mol. The van der Waals surface area contributed by atoms with Gasteiger partial charge in [-0.25, -0.2) is 8.78 Å². The van der Waals surface area contributed by atoms with Gasteiger partial charge < -0.3 is 15.2 Å². The van der Waals surface area contributed by atoms with Crippen LogP contribution in [0.25, 0.3) is 0 Å². The molecule has 0 fully saturated rings. The summed E-state index contributed by atoms with van der Waals surface area (Å²) in [6, 6.07) is 11.3. The van der Waals surface area contributed by atoms with Crippen molar-refractivity contribution in [1.82, 2.24) is 0 Å². The van der Waals surface area contributed by atoms with Gasteiger partial charge in [0.1, 0.15) is 0 Å². The highest BCUT2D eigenvalue weighted by Gasteiger charge is 2.02. The van der Waals surface area contributed by atoms with Gasteiger partial charge >= 0.3 is 0 Å². The number of rotatable bonds is 5. The van der Waals surface area contributed by atoms with Crippen molar-refractivity contribution in [2.24, 2.45) is 5.73 Å². The maximum atomic E-state index is 13.0. The van der Waals surface area contributed by atoms with E-state index in [0.29, 0.717) is 18.5 Å². The molecule has 0 saturated carbocycles. The van der Waals surface area contributed by atoms with E-state index < -0.39 is 5.82 Å². The normalized spacial score (nSPS) is 9.50. The minimum atomic E-state index is -0.426. The lowest BCUT2D eigenvalue weighted by molar-refractivity contribution is 0.386. The zero-order chi connectivity index (χ0) is 17.9. The standard InChI is InChI=1S/C9H12FNO.C9H8FNO.H2/c2*1-12-9-3-2-7(4-5-11)6-8(9)10;/h2-3,6H,4-5,11H2,1H3;2-3,6H,4H2,1H3;1H. The molecule has 0 heterocycles. The van der Waals surface area contributed by atoms with Crippen LogP contribution in [0.4, 0.5) is 8.78 Å². The minimum absolute atomic E-state index is 0. The van der Waals surface area contributed by atoms with Crippen molar-refractivity contribution in [2.45, 2.75) is 12.8 Å². The van der Waals surface area contributed by atoms with Gasteiger partial charge in [-0.05, 0) is 48.4 Å². The monoisotopic (exact) mass is 336 g/mol. The van der Waals surface area contributed by atoms with Crippen LogP contribution >= 0.6 is 0 Å². The van der Waals surface area contributed by atoms with Gasteiger partial charge in [0.2, 0.25) is 0 Å². The number of ether oxygens (including phenoxy) is 2. The molecular formula is C18H22F2N2O2. The summed E-state index contributed by atoms with van der Waals surface area (Å²) in [7, 11) is 2.85. The highest BCUT2D eigenvalue weighted by Crippen LogP contribution is 2.18. The van der Waals surface area contributed by atoms with Crippen LogP contribution in [0.1, 0.15) is 12.6 Å². The second kappa shape index (κ2) is 10.2. The summed E-state index contributed by atoms with van der Waals surface area (Å²) in [4.78, 5) is 0. The van der Waals surface area contributed by atoms with Gasteiger partial charge in [-0.2, -0.15) is 5.26 Å². The molecule has 2 aromatic carbocycles. The summed E-state index contributed by atoms with van der Waals surface area (Å²) in [5.74, 6) is -0.277. The maximum Gasteiger partial charge on any atom is 0.165 e. The third kappa shape index (κ3) is 5.86. The third-order valence-electron chi connectivity index (χ3n) is 3.15. The van der Waals surface area contributed by atoms with Crippen LogP contribution in [0.2, 0.25) is 0 Å². The van der Waals surface area contributed by atoms with Gasteiger partial charge in [-0.3, -0.25) is 0 Å². The summed E-state index contributed by atoms with van der Waals surface area (Å²) < 4.78 is 35.4. The van der Waals surface area contributed by atoms with Gasteiger partial charge in [-0.15, -0.1) is 0 Å². The second-order valence-corrected chi connectivity index (χ2v) is 4.81. The summed E-state index contributed by atoms with van der Waals surface area (Å²) >= 11 is 0. The smallest absolute Gasteiger partial charge is 0.165 e. The van der Waals surface area contributed by atoms with E-state index in [0.717, 1.165) is 5.56 Å². The Balaban J connectivity index is 0.000000443. The van der Waals surface area contributed by atoms with Crippen LogP contribution in [0.3, 0.4) is 0 Å². The molecule has 0 unspecified atom stereocenters. The van der Waals surface area contributed by atoms with Crippen LogP contribution in [-0.4, -0.2) is 20.8 Å². The molecule has 0 aliphatic heterocycles. The van der Waals surface area contributed by atoms with Crippen molar-refractivity contribution in [3.63, 3.8) is 0 Å². The Morgan fingerprint density at radius 2 is 1.50 bits per heavy atom. The van der Waals surface area contributed by atoms with Crippen molar-refractivity contribution >= 4 is 0 Å². The van der Waals surface area contributed by atoms with E-state index in [4.69, 9.17) is 20.5 Å². The maximum absolute atomic E-state index is 13.0. The van der Waals surface area contributed by atoms with E-state index in [-0.39, 0.29) is 25.2 Å². The second-order valence-electron chi connectivity index (χ2n) is 4.81. The number of nitrogens with two attached hydrogens (primary N) is 1. The fourth-order valence-corrected chi connectivity index (χ4v) is 1.94. The molecule has 2 aromatic rings. The molecule has 24 heavy (non-hydrogen) atoms. The minimum Gasteiger partial charge on any atom is -0.494 e. The number of nitriles is 1. The Morgan fingerprint density at radius 3 is 1.92 bits per heavy atom. The molecule has 0 aromatic heterocycles. The Bertz CT molecular complexity index is 706. The van der Waals surface area contributed by atoms with Crippen LogP contribution in [0.5, 0.6) is 11.5 Å². The largest absolute Gasteiger partial charge is 0.494 e. The molecule has 2 N–H and O–H groups in total. The fraction of sp³-hybridized carbons (Fsp3) is 0.278. The Labute approximate surface area is 141 Å². The lowest BCUT2D eigenvalue weighted by Crippen LogP contribution is -2.03. The number of benzene rings is 2. The Morgan fingerprint density at radius 1 is 1.00 bits per heavy atom. The molecule has 130 valence electrons. The van der Waals surface area contributed by atoms with Crippen LogP contribution < -0.4 is 15.2 Å². The first-order chi connectivity index (χ1) is 11.5. The van der Waals surface area contributed by atoms with Crippen molar-refractivity contribution in [2.75, 3.05) is 20.8 Å². The van der Waals surface area contributed by atoms with Gasteiger partial charge in [0.25, 0.3) is 0 Å². The summed E-state index contributed by atoms with van der Waals surface area (Å²) in [6.45, 7) is 0.534. The van der Waals surface area contributed by atoms with E-state index >= 15 is 0 Å². The quantitative estimate of drug-likeness (QED) is 0.907. The molecule has 0 atom stereocenters. The van der Waals surface area contributed by atoms with Gasteiger partial charge in [0.05, 0.1) is 26.7 Å². The van der Waals surface area contributed by atoms with E-state index in [9.17, 15) is 8.78 Å². The lowest BCUT2D eigenvalue weighted by atomic mass is 10.1. The van der Waals surface area contributed by atoms with E-state index in [2.05, 4.69) is 0 Å². The predicted octanol–water partition coefficient (Wildman–Crippen LogP) is 3.48. The first-order valence-corrected chi connectivity index (χ1v) is 7.27. The SMILES string of the molecule is COc1ccc(CC#N)cc1F.COc1ccc(CCN)cc1F.[HH]. The fourth-order valence-electron chi connectivity index (χ4n) is 1.94. The molecule has 0 bridgehead atoms. The molecule has 0 radical (unpaired) electrons. The number of nitrogens with zero attached hydrogens (tertiary/aromatic N) is 1. The number of hydrogen-bond donors (Lipinski definition) is 1. The molecule has 0 aliphatic carbocycles. The van der Waals surface area contributed by atoms with Crippen molar-refractivity contribution in [3.8, 4) is 17.6 Å². The average molecular weight is 336 g/mol. The van der Waals surface area contributed by atoms with Crippen molar-refractivity contribution in [1.29, 1.82) is 5.26 Å². The molecule has 6 heteroatoms. The summed E-state index contributed by atoms with van der Waals surface area (Å²) in [6.07, 6.45) is 0.918. The number of halogens is 2. The Hall–Kier alpha value is -2.65.